The third-order valence-electron chi connectivity index (χ3n) is 4.55. The van der Waals surface area contributed by atoms with Crippen LogP contribution in [0.2, 0.25) is 0 Å². The Hall–Kier alpha value is -2.15. The molecule has 0 amide bonds. The van der Waals surface area contributed by atoms with E-state index in [1.54, 1.807) is 6.07 Å². The summed E-state index contributed by atoms with van der Waals surface area (Å²) >= 11 is 0. The number of hydrogen-bond donors (Lipinski definition) is 2. The van der Waals surface area contributed by atoms with Crippen molar-refractivity contribution in [3.8, 4) is 0 Å². The van der Waals surface area contributed by atoms with E-state index in [1.165, 1.54) is 0 Å². The zero-order chi connectivity index (χ0) is 17.3. The van der Waals surface area contributed by atoms with E-state index in [1.807, 2.05) is 6.20 Å². The van der Waals surface area contributed by atoms with Gasteiger partial charge in [-0.1, -0.05) is 25.9 Å². The van der Waals surface area contributed by atoms with Gasteiger partial charge in [0, 0.05) is 29.3 Å². The Morgan fingerprint density at radius 2 is 2.12 bits per heavy atom. The van der Waals surface area contributed by atoms with Gasteiger partial charge in [-0.15, -0.1) is 0 Å². The normalized spacial score (nSPS) is 17.3. The number of likely N-dealkylation sites (tertiary alicyclic amines) is 1. The maximum atomic E-state index is 10.9. The van der Waals surface area contributed by atoms with Gasteiger partial charge in [0.15, 0.2) is 0 Å². The summed E-state index contributed by atoms with van der Waals surface area (Å²) in [5.74, 6) is 0.101. The zero-order valence-electron chi connectivity index (χ0n) is 14.4. The van der Waals surface area contributed by atoms with Gasteiger partial charge in [0.25, 0.3) is 0 Å². The highest BCUT2D eigenvalue weighted by atomic mass is 16.5. The van der Waals surface area contributed by atoms with Gasteiger partial charge in [-0.3, -0.25) is 4.90 Å². The fourth-order valence-corrected chi connectivity index (χ4v) is 3.00. The van der Waals surface area contributed by atoms with E-state index in [2.05, 4.69) is 40.8 Å². The summed E-state index contributed by atoms with van der Waals surface area (Å²) in [5.41, 5.74) is 1.98. The number of aromatic carboxylic acids is 1. The van der Waals surface area contributed by atoms with Crippen LogP contribution >= 0.6 is 0 Å². The van der Waals surface area contributed by atoms with Crippen LogP contribution in [-0.4, -0.2) is 44.2 Å². The summed E-state index contributed by atoms with van der Waals surface area (Å²) in [6.45, 7) is 9.18. The van der Waals surface area contributed by atoms with Crippen LogP contribution in [0.3, 0.4) is 0 Å². The molecule has 0 radical (unpaired) electrons. The van der Waals surface area contributed by atoms with Crippen molar-refractivity contribution in [1.29, 1.82) is 0 Å². The van der Waals surface area contributed by atoms with Crippen LogP contribution in [0.1, 0.15) is 67.3 Å². The Kier molecular flexibility index (Phi) is 4.45. The van der Waals surface area contributed by atoms with Crippen LogP contribution in [0.25, 0.3) is 0 Å². The minimum absolute atomic E-state index is 0.0764. The van der Waals surface area contributed by atoms with Gasteiger partial charge < -0.3 is 14.6 Å². The van der Waals surface area contributed by atoms with E-state index >= 15 is 0 Å². The van der Waals surface area contributed by atoms with Crippen LogP contribution in [0.5, 0.6) is 0 Å². The highest BCUT2D eigenvalue weighted by Gasteiger charge is 2.25. The molecule has 1 fully saturated rings. The molecule has 7 nitrogen and oxygen atoms in total. The van der Waals surface area contributed by atoms with E-state index < -0.39 is 5.97 Å². The van der Waals surface area contributed by atoms with Gasteiger partial charge in [-0.2, -0.15) is 0 Å². The third-order valence-corrected chi connectivity index (χ3v) is 4.55. The average molecular weight is 332 g/mol. The Balaban J connectivity index is 1.55. The molecule has 7 heteroatoms. The summed E-state index contributed by atoms with van der Waals surface area (Å²) in [4.78, 5) is 21.1. The fraction of sp³-hybridized carbons (Fsp3) is 0.588. The monoisotopic (exact) mass is 332 g/mol. The molecular formula is C17H24N4O3. The Morgan fingerprint density at radius 3 is 2.67 bits per heavy atom. The molecule has 2 aromatic rings. The number of rotatable bonds is 4. The van der Waals surface area contributed by atoms with Crippen LogP contribution in [0.4, 0.5) is 0 Å². The number of carbonyl (C=O) groups is 1. The minimum Gasteiger partial charge on any atom is -0.475 e. The van der Waals surface area contributed by atoms with E-state index in [0.29, 0.717) is 0 Å². The number of carboxylic acid groups (broad SMARTS) is 1. The predicted molar refractivity (Wildman–Crippen MR) is 88.0 cm³/mol. The Labute approximate surface area is 141 Å². The summed E-state index contributed by atoms with van der Waals surface area (Å²) in [6, 6.07) is 1.55. The third kappa shape index (κ3) is 3.67. The lowest BCUT2D eigenvalue weighted by Gasteiger charge is -2.30. The number of nitrogens with zero attached hydrogens (tertiary/aromatic N) is 3. The van der Waals surface area contributed by atoms with Crippen LogP contribution in [0, 0.1) is 0 Å². The molecule has 2 aromatic heterocycles. The molecular weight excluding hydrogens is 308 g/mol. The quantitative estimate of drug-likeness (QED) is 0.894. The largest absolute Gasteiger partial charge is 0.475 e. The van der Waals surface area contributed by atoms with Crippen molar-refractivity contribution in [3.05, 3.63) is 35.2 Å². The SMILES string of the molecule is CC(C)(C)c1cnc(CN2CCC(c3cc(C(=O)O)on3)CC2)[nH]1. The highest BCUT2D eigenvalue weighted by molar-refractivity contribution is 5.84. The van der Waals surface area contributed by atoms with Gasteiger partial charge in [-0.05, 0) is 25.9 Å². The summed E-state index contributed by atoms with van der Waals surface area (Å²) in [5, 5.41) is 12.8. The first-order chi connectivity index (χ1) is 11.3. The molecule has 1 aliphatic heterocycles. The summed E-state index contributed by atoms with van der Waals surface area (Å²) < 4.78 is 4.86. The zero-order valence-corrected chi connectivity index (χ0v) is 14.4. The fourth-order valence-electron chi connectivity index (χ4n) is 3.00. The van der Waals surface area contributed by atoms with Gasteiger partial charge in [0.1, 0.15) is 5.82 Å². The summed E-state index contributed by atoms with van der Waals surface area (Å²) in [6.07, 6.45) is 3.81. The van der Waals surface area contributed by atoms with Crippen LogP contribution < -0.4 is 0 Å². The smallest absolute Gasteiger partial charge is 0.374 e. The lowest BCUT2D eigenvalue weighted by atomic mass is 9.93. The molecule has 0 unspecified atom stereocenters. The number of aromatic nitrogens is 3. The maximum Gasteiger partial charge on any atom is 0.374 e. The number of imidazole rings is 1. The molecule has 24 heavy (non-hydrogen) atoms. The summed E-state index contributed by atoms with van der Waals surface area (Å²) in [7, 11) is 0. The molecule has 0 bridgehead atoms. The number of H-pyrrole nitrogens is 1. The van der Waals surface area contributed by atoms with Gasteiger partial charge in [0.05, 0.1) is 12.2 Å². The number of carboxylic acids is 1. The first-order valence-corrected chi connectivity index (χ1v) is 8.29. The van der Waals surface area contributed by atoms with E-state index in [-0.39, 0.29) is 17.1 Å². The minimum atomic E-state index is -1.07. The number of nitrogens with one attached hydrogen (secondary N) is 1. The van der Waals surface area contributed by atoms with E-state index in [0.717, 1.165) is 49.7 Å². The first-order valence-electron chi connectivity index (χ1n) is 8.29. The molecule has 0 saturated carbocycles. The molecule has 0 aromatic carbocycles. The first kappa shape index (κ1) is 16.7. The average Bonchev–Trinajstić information content (AvgIpc) is 3.16. The molecule has 0 atom stereocenters. The topological polar surface area (TPSA) is 95.2 Å². The molecule has 1 aliphatic rings. The van der Waals surface area contributed by atoms with Crippen molar-refractivity contribution in [3.63, 3.8) is 0 Å². The van der Waals surface area contributed by atoms with Crippen LogP contribution in [-0.2, 0) is 12.0 Å². The second-order valence-electron chi connectivity index (χ2n) is 7.47. The molecule has 0 aliphatic carbocycles. The Morgan fingerprint density at radius 1 is 1.42 bits per heavy atom. The maximum absolute atomic E-state index is 10.9. The van der Waals surface area contributed by atoms with Crippen molar-refractivity contribution in [2.24, 2.45) is 0 Å². The number of piperidine rings is 1. The van der Waals surface area contributed by atoms with Gasteiger partial charge in [-0.25, -0.2) is 9.78 Å². The molecule has 130 valence electrons. The van der Waals surface area contributed by atoms with Crippen molar-refractivity contribution in [2.45, 2.75) is 51.5 Å². The van der Waals surface area contributed by atoms with Gasteiger partial charge >= 0.3 is 5.97 Å². The molecule has 3 rings (SSSR count). The van der Waals surface area contributed by atoms with Gasteiger partial charge in [0.2, 0.25) is 5.76 Å². The molecule has 0 spiro atoms. The van der Waals surface area contributed by atoms with E-state index in [9.17, 15) is 4.79 Å². The second kappa shape index (κ2) is 6.39. The lowest BCUT2D eigenvalue weighted by Crippen LogP contribution is -2.33. The lowest BCUT2D eigenvalue weighted by molar-refractivity contribution is 0.0651. The second-order valence-corrected chi connectivity index (χ2v) is 7.47. The highest BCUT2D eigenvalue weighted by Crippen LogP contribution is 2.28. The molecule has 3 heterocycles. The number of aromatic amines is 1. The Bertz CT molecular complexity index is 705. The standard InChI is InChI=1S/C17H24N4O3/c1-17(2,3)14-9-18-15(19-14)10-21-6-4-11(5-7-21)12-8-13(16(22)23)24-20-12/h8-9,11H,4-7,10H2,1-3H3,(H,18,19)(H,22,23). The van der Waals surface area contributed by atoms with Crippen molar-refractivity contribution < 1.29 is 14.4 Å². The van der Waals surface area contributed by atoms with Crippen molar-refractivity contribution in [2.75, 3.05) is 13.1 Å². The number of hydrogen-bond acceptors (Lipinski definition) is 5. The van der Waals surface area contributed by atoms with Crippen molar-refractivity contribution in [1.82, 2.24) is 20.0 Å². The predicted octanol–water partition coefficient (Wildman–Crippen LogP) is 2.77. The van der Waals surface area contributed by atoms with E-state index in [4.69, 9.17) is 9.63 Å². The van der Waals surface area contributed by atoms with Crippen molar-refractivity contribution >= 4 is 5.97 Å². The molecule has 1 saturated heterocycles. The molecule has 2 N–H and O–H groups in total. The van der Waals surface area contributed by atoms with Crippen LogP contribution in [0.15, 0.2) is 16.8 Å².